The largest absolute Gasteiger partial charge is 0.388 e. The van der Waals surface area contributed by atoms with E-state index in [-0.39, 0.29) is 5.91 Å². The van der Waals surface area contributed by atoms with Crippen molar-refractivity contribution in [3.05, 3.63) is 35.4 Å². The van der Waals surface area contributed by atoms with Crippen LogP contribution in [-0.4, -0.2) is 22.2 Å². The summed E-state index contributed by atoms with van der Waals surface area (Å²) in [6, 6.07) is 7.88. The van der Waals surface area contributed by atoms with E-state index in [1.165, 1.54) is 0 Å². The second-order valence-electron chi connectivity index (χ2n) is 5.90. The van der Waals surface area contributed by atoms with Crippen molar-refractivity contribution in [1.29, 1.82) is 0 Å². The summed E-state index contributed by atoms with van der Waals surface area (Å²) in [5.41, 5.74) is 0.504. The number of hydrogen-bond acceptors (Lipinski definition) is 2. The van der Waals surface area contributed by atoms with E-state index in [1.54, 1.807) is 13.8 Å². The molecular weight excluding hydrogens is 226 g/mol. The van der Waals surface area contributed by atoms with Crippen molar-refractivity contribution in [2.45, 2.75) is 52.2 Å². The Balaban J connectivity index is 2.68. The van der Waals surface area contributed by atoms with Gasteiger partial charge in [-0.2, -0.15) is 0 Å². The van der Waals surface area contributed by atoms with Crippen molar-refractivity contribution in [3.63, 3.8) is 0 Å². The third kappa shape index (κ3) is 3.84. The minimum Gasteiger partial charge on any atom is -0.388 e. The van der Waals surface area contributed by atoms with E-state index in [0.29, 0.717) is 6.42 Å². The van der Waals surface area contributed by atoms with Crippen LogP contribution < -0.4 is 5.32 Å². The van der Waals surface area contributed by atoms with Gasteiger partial charge in [-0.05, 0) is 40.2 Å². The Morgan fingerprint density at radius 3 is 2.39 bits per heavy atom. The number of carbonyl (C=O) groups is 1. The molecule has 100 valence electrons. The van der Waals surface area contributed by atoms with E-state index in [0.717, 1.165) is 11.1 Å². The Kier molecular flexibility index (Phi) is 4.17. The summed E-state index contributed by atoms with van der Waals surface area (Å²) in [6.45, 7) is 9.03. The van der Waals surface area contributed by atoms with Crippen LogP contribution in [0.2, 0.25) is 0 Å². The van der Waals surface area contributed by atoms with Crippen LogP contribution >= 0.6 is 0 Å². The molecule has 1 rings (SSSR count). The average Bonchev–Trinajstić information content (AvgIpc) is 2.14. The molecule has 0 heterocycles. The Morgan fingerprint density at radius 1 is 1.28 bits per heavy atom. The molecule has 2 N–H and O–H groups in total. The number of rotatable bonds is 4. The van der Waals surface area contributed by atoms with Gasteiger partial charge in [-0.15, -0.1) is 0 Å². The minimum absolute atomic E-state index is 0.0762. The maximum absolute atomic E-state index is 12.0. The fraction of sp³-hybridized carbons (Fsp3) is 0.533. The molecule has 1 aromatic carbocycles. The van der Waals surface area contributed by atoms with Gasteiger partial charge in [-0.1, -0.05) is 29.8 Å². The molecule has 0 bridgehead atoms. The highest BCUT2D eigenvalue weighted by molar-refractivity contribution is 5.79. The molecule has 1 aromatic rings. The van der Waals surface area contributed by atoms with E-state index in [1.807, 2.05) is 45.0 Å². The van der Waals surface area contributed by atoms with Gasteiger partial charge in [-0.25, -0.2) is 0 Å². The Hall–Kier alpha value is -1.35. The van der Waals surface area contributed by atoms with Crippen LogP contribution in [0.5, 0.6) is 0 Å². The number of nitrogens with one attached hydrogen (secondary N) is 1. The molecule has 0 aliphatic carbocycles. The number of aryl methyl sites for hydroxylation is 1. The van der Waals surface area contributed by atoms with Crippen molar-refractivity contribution >= 4 is 5.91 Å². The first-order chi connectivity index (χ1) is 8.12. The summed E-state index contributed by atoms with van der Waals surface area (Å²) in [6.07, 6.45) is 0.335. The van der Waals surface area contributed by atoms with Crippen molar-refractivity contribution < 1.29 is 9.90 Å². The van der Waals surface area contributed by atoms with Crippen molar-refractivity contribution in [3.8, 4) is 0 Å². The maximum Gasteiger partial charge on any atom is 0.224 e. The van der Waals surface area contributed by atoms with Crippen LogP contribution in [-0.2, 0) is 11.2 Å². The zero-order chi connectivity index (χ0) is 14.0. The lowest BCUT2D eigenvalue weighted by Crippen LogP contribution is -2.58. The second-order valence-corrected chi connectivity index (χ2v) is 5.90. The first-order valence-electron chi connectivity index (χ1n) is 6.21. The van der Waals surface area contributed by atoms with E-state index in [4.69, 9.17) is 0 Å². The molecular formula is C15H23NO2. The molecule has 3 heteroatoms. The summed E-state index contributed by atoms with van der Waals surface area (Å²) in [5.74, 6) is -0.0762. The van der Waals surface area contributed by atoms with E-state index in [9.17, 15) is 9.90 Å². The maximum atomic E-state index is 12.0. The molecule has 3 nitrogen and oxygen atoms in total. The Labute approximate surface area is 109 Å². The molecule has 0 radical (unpaired) electrons. The van der Waals surface area contributed by atoms with Gasteiger partial charge in [0.25, 0.3) is 0 Å². The average molecular weight is 249 g/mol. The monoisotopic (exact) mass is 249 g/mol. The Morgan fingerprint density at radius 2 is 1.89 bits per heavy atom. The standard InChI is InChI=1S/C15H23NO2/c1-11-7-6-8-12(9-11)10-13(17)16-14(2,3)15(4,5)18/h6-9,18H,10H2,1-5H3,(H,16,17). The first-order valence-corrected chi connectivity index (χ1v) is 6.21. The minimum atomic E-state index is -0.963. The topological polar surface area (TPSA) is 49.3 Å². The number of benzene rings is 1. The molecule has 0 aliphatic rings. The van der Waals surface area contributed by atoms with Crippen LogP contribution in [0, 0.1) is 6.92 Å². The lowest BCUT2D eigenvalue weighted by molar-refractivity contribution is -0.125. The van der Waals surface area contributed by atoms with Crippen molar-refractivity contribution in [2.24, 2.45) is 0 Å². The highest BCUT2D eigenvalue weighted by Crippen LogP contribution is 2.20. The SMILES string of the molecule is Cc1cccc(CC(=O)NC(C)(C)C(C)(C)O)c1. The second kappa shape index (κ2) is 5.11. The van der Waals surface area contributed by atoms with Gasteiger partial charge in [0.05, 0.1) is 17.6 Å². The summed E-state index contributed by atoms with van der Waals surface area (Å²) >= 11 is 0. The lowest BCUT2D eigenvalue weighted by atomic mass is 9.86. The van der Waals surface area contributed by atoms with Crippen LogP contribution in [0.4, 0.5) is 0 Å². The molecule has 0 spiro atoms. The zero-order valence-corrected chi connectivity index (χ0v) is 11.9. The van der Waals surface area contributed by atoms with E-state index >= 15 is 0 Å². The number of hydrogen-bond donors (Lipinski definition) is 2. The van der Waals surface area contributed by atoms with Gasteiger partial charge in [0.1, 0.15) is 0 Å². The number of amides is 1. The quantitative estimate of drug-likeness (QED) is 0.859. The van der Waals surface area contributed by atoms with Gasteiger partial charge in [-0.3, -0.25) is 4.79 Å². The van der Waals surface area contributed by atoms with Crippen LogP contribution in [0.15, 0.2) is 24.3 Å². The summed E-state index contributed by atoms with van der Waals surface area (Å²) in [7, 11) is 0. The van der Waals surface area contributed by atoms with Gasteiger partial charge in [0.15, 0.2) is 0 Å². The lowest BCUT2D eigenvalue weighted by Gasteiger charge is -2.38. The molecule has 0 saturated carbocycles. The fourth-order valence-corrected chi connectivity index (χ4v) is 1.55. The summed E-state index contributed by atoms with van der Waals surface area (Å²) < 4.78 is 0. The van der Waals surface area contributed by atoms with E-state index in [2.05, 4.69) is 5.32 Å². The third-order valence-corrected chi connectivity index (χ3v) is 3.43. The molecule has 0 aliphatic heterocycles. The third-order valence-electron chi connectivity index (χ3n) is 3.43. The predicted molar refractivity (Wildman–Crippen MR) is 73.4 cm³/mol. The summed E-state index contributed by atoms with van der Waals surface area (Å²) in [4.78, 5) is 12.0. The van der Waals surface area contributed by atoms with Gasteiger partial charge in [0, 0.05) is 0 Å². The number of aliphatic hydroxyl groups is 1. The van der Waals surface area contributed by atoms with Gasteiger partial charge in [0.2, 0.25) is 5.91 Å². The smallest absolute Gasteiger partial charge is 0.224 e. The predicted octanol–water partition coefficient (Wildman–Crippen LogP) is 2.20. The van der Waals surface area contributed by atoms with Crippen molar-refractivity contribution in [2.75, 3.05) is 0 Å². The Bertz CT molecular complexity index is 430. The molecule has 0 unspecified atom stereocenters. The fourth-order valence-electron chi connectivity index (χ4n) is 1.55. The molecule has 18 heavy (non-hydrogen) atoms. The molecule has 0 saturated heterocycles. The van der Waals surface area contributed by atoms with Crippen molar-refractivity contribution in [1.82, 2.24) is 5.32 Å². The highest BCUT2D eigenvalue weighted by atomic mass is 16.3. The summed E-state index contributed by atoms with van der Waals surface area (Å²) in [5, 5.41) is 12.9. The molecule has 0 fully saturated rings. The van der Waals surface area contributed by atoms with E-state index < -0.39 is 11.1 Å². The zero-order valence-electron chi connectivity index (χ0n) is 11.9. The molecule has 1 amide bonds. The molecule has 0 atom stereocenters. The first kappa shape index (κ1) is 14.7. The highest BCUT2D eigenvalue weighted by Gasteiger charge is 2.36. The van der Waals surface area contributed by atoms with Crippen LogP contribution in [0.1, 0.15) is 38.8 Å². The molecule has 0 aromatic heterocycles. The normalized spacial score (nSPS) is 12.3. The van der Waals surface area contributed by atoms with Crippen LogP contribution in [0.25, 0.3) is 0 Å². The van der Waals surface area contributed by atoms with Gasteiger partial charge >= 0.3 is 0 Å². The number of carbonyl (C=O) groups excluding carboxylic acids is 1. The van der Waals surface area contributed by atoms with Crippen LogP contribution in [0.3, 0.4) is 0 Å². The van der Waals surface area contributed by atoms with Gasteiger partial charge < -0.3 is 10.4 Å².